The first-order chi connectivity index (χ1) is 31.5. The maximum atomic E-state index is 12.8. The highest BCUT2D eigenvalue weighted by atomic mass is 16.6. The van der Waals surface area contributed by atoms with E-state index >= 15 is 0 Å². The summed E-state index contributed by atoms with van der Waals surface area (Å²) in [4.78, 5) is 51.0. The number of hydrogen-bond donors (Lipinski definition) is 0. The third-order valence-corrected chi connectivity index (χ3v) is 8.99. The molecule has 0 N–H and O–H groups in total. The molecular weight excluding hydrogens is 833 g/mol. The topological polar surface area (TPSA) is 182 Å². The van der Waals surface area contributed by atoms with Gasteiger partial charge in [0.25, 0.3) is 0 Å². The molecule has 0 heterocycles. The molecule has 6 rings (SSSR count). The van der Waals surface area contributed by atoms with Gasteiger partial charge in [0.15, 0.2) is 0 Å². The van der Waals surface area contributed by atoms with Crippen LogP contribution in [0.15, 0.2) is 166 Å². The van der Waals surface area contributed by atoms with Crippen LogP contribution in [0.2, 0.25) is 0 Å². The number of nitrogens with zero attached hydrogens (tertiary/aromatic N) is 4. The highest BCUT2D eigenvalue weighted by Gasteiger charge is 2.17. The van der Waals surface area contributed by atoms with Crippen LogP contribution in [0.3, 0.4) is 0 Å². The Labute approximate surface area is 375 Å². The van der Waals surface area contributed by atoms with Crippen LogP contribution in [0.4, 0.5) is 22.7 Å². The number of benzene rings is 6. The van der Waals surface area contributed by atoms with E-state index in [2.05, 4.69) is 20.5 Å². The molecule has 0 aliphatic carbocycles. The van der Waals surface area contributed by atoms with Gasteiger partial charge in [-0.1, -0.05) is 0 Å². The molecule has 0 aromatic heterocycles. The fraction of sp³-hybridized carbons (Fsp3) is 0.200. The predicted molar refractivity (Wildman–Crippen MR) is 240 cm³/mol. The Bertz CT molecular complexity index is 2380. The zero-order valence-corrected chi connectivity index (χ0v) is 36.1. The van der Waals surface area contributed by atoms with Gasteiger partial charge >= 0.3 is 23.9 Å². The van der Waals surface area contributed by atoms with E-state index in [1.165, 1.54) is 48.5 Å². The minimum absolute atomic E-state index is 0.0434. The van der Waals surface area contributed by atoms with Crippen LogP contribution < -0.4 is 18.9 Å². The maximum absolute atomic E-state index is 12.8. The van der Waals surface area contributed by atoms with Gasteiger partial charge in [0, 0.05) is 0 Å². The lowest BCUT2D eigenvalue weighted by Crippen LogP contribution is -2.25. The first-order valence-electron chi connectivity index (χ1n) is 20.7. The van der Waals surface area contributed by atoms with Crippen LogP contribution in [-0.4, -0.2) is 62.5 Å². The molecule has 0 bridgehead atoms. The van der Waals surface area contributed by atoms with E-state index in [9.17, 15) is 19.2 Å². The van der Waals surface area contributed by atoms with Crippen molar-refractivity contribution in [3.05, 3.63) is 168 Å². The highest BCUT2D eigenvalue weighted by Crippen LogP contribution is 2.25. The molecule has 0 saturated heterocycles. The Morgan fingerprint density at radius 3 is 0.954 bits per heavy atom. The normalized spacial score (nSPS) is 12.0. The van der Waals surface area contributed by atoms with Crippen molar-refractivity contribution in [1.29, 1.82) is 0 Å². The van der Waals surface area contributed by atoms with Crippen LogP contribution in [0.25, 0.3) is 0 Å². The zero-order valence-electron chi connectivity index (χ0n) is 36.1. The predicted octanol–water partition coefficient (Wildman–Crippen LogP) is 11.6. The number of carbonyl (C=O) groups excluding carboxylic acids is 4. The van der Waals surface area contributed by atoms with Crippen LogP contribution >= 0.6 is 0 Å². The Hall–Kier alpha value is -8.04. The molecule has 0 aliphatic rings. The Kier molecular flexibility index (Phi) is 16.7. The van der Waals surface area contributed by atoms with Crippen molar-refractivity contribution in [3.8, 4) is 23.0 Å². The summed E-state index contributed by atoms with van der Waals surface area (Å²) in [7, 11) is 0. The van der Waals surface area contributed by atoms with Gasteiger partial charge in [-0.25, -0.2) is 19.2 Å². The molecule has 15 heteroatoms. The zero-order chi connectivity index (χ0) is 46.0. The fourth-order valence-corrected chi connectivity index (χ4v) is 5.73. The third-order valence-electron chi connectivity index (χ3n) is 8.99. The summed E-state index contributed by atoms with van der Waals surface area (Å²) in [5.41, 5.74) is 3.53. The minimum Gasteiger partial charge on any atom is -0.494 e. The molecule has 6 aromatic carbocycles. The number of hydrogen-bond acceptors (Lipinski definition) is 15. The SMILES string of the molecule is CCOc1ccc(N=Nc2ccc(C(=O)Oc3ccc(C(=O)OC(C)COCC(C)OC(=O)c4ccc(OC(=O)c5ccc(N=Nc6ccc(OCC)cc6)cc5)cc4)cc3)cc2)cc1. The lowest BCUT2D eigenvalue weighted by Gasteiger charge is -2.17. The highest BCUT2D eigenvalue weighted by molar-refractivity contribution is 5.93. The molecular formula is C50H46N4O11. The van der Waals surface area contributed by atoms with Gasteiger partial charge in [0.2, 0.25) is 0 Å². The van der Waals surface area contributed by atoms with E-state index in [0.29, 0.717) is 47.1 Å². The number of carbonyl (C=O) groups is 4. The number of ether oxygens (including phenoxy) is 7. The molecule has 65 heavy (non-hydrogen) atoms. The Balaban J connectivity index is 0.867. The van der Waals surface area contributed by atoms with Crippen LogP contribution in [-0.2, 0) is 14.2 Å². The summed E-state index contributed by atoms with van der Waals surface area (Å²) in [6, 6.07) is 39.3. The number of azo groups is 2. The van der Waals surface area contributed by atoms with Crippen molar-refractivity contribution in [2.24, 2.45) is 20.5 Å². The van der Waals surface area contributed by atoms with Crippen molar-refractivity contribution in [2.75, 3.05) is 26.4 Å². The quantitative estimate of drug-likeness (QED) is 0.0404. The monoisotopic (exact) mass is 878 g/mol. The van der Waals surface area contributed by atoms with E-state index in [0.717, 1.165) is 11.5 Å². The Morgan fingerprint density at radius 1 is 0.385 bits per heavy atom. The second-order valence-electron chi connectivity index (χ2n) is 14.1. The van der Waals surface area contributed by atoms with Gasteiger partial charge in [0.1, 0.15) is 35.2 Å². The minimum atomic E-state index is -0.625. The lowest BCUT2D eigenvalue weighted by molar-refractivity contribution is -0.0262. The largest absolute Gasteiger partial charge is 0.494 e. The van der Waals surface area contributed by atoms with Crippen LogP contribution in [0, 0.1) is 0 Å². The first-order valence-corrected chi connectivity index (χ1v) is 20.7. The maximum Gasteiger partial charge on any atom is 0.343 e. The van der Waals surface area contributed by atoms with E-state index < -0.39 is 36.1 Å². The smallest absolute Gasteiger partial charge is 0.343 e. The van der Waals surface area contributed by atoms with Gasteiger partial charge in [0.05, 0.1) is 71.4 Å². The Morgan fingerprint density at radius 2 is 0.646 bits per heavy atom. The summed E-state index contributed by atoms with van der Waals surface area (Å²) < 4.78 is 38.4. The van der Waals surface area contributed by atoms with Crippen molar-refractivity contribution < 1.29 is 52.3 Å². The average molecular weight is 879 g/mol. The molecule has 0 aliphatic heterocycles. The summed E-state index contributed by atoms with van der Waals surface area (Å²) in [5.74, 6) is -0.384. The van der Waals surface area contributed by atoms with Gasteiger partial charge in [-0.05, 0) is 173 Å². The lowest BCUT2D eigenvalue weighted by atomic mass is 10.2. The molecule has 6 aromatic rings. The van der Waals surface area contributed by atoms with E-state index in [1.54, 1.807) is 86.6 Å². The van der Waals surface area contributed by atoms with E-state index in [1.807, 2.05) is 38.1 Å². The first kappa shape index (κ1) is 46.5. The third kappa shape index (κ3) is 14.5. The molecule has 332 valence electrons. The van der Waals surface area contributed by atoms with Crippen molar-refractivity contribution >= 4 is 46.6 Å². The summed E-state index contributed by atoms with van der Waals surface area (Å²) >= 11 is 0. The van der Waals surface area contributed by atoms with Crippen LogP contribution in [0.5, 0.6) is 23.0 Å². The molecule has 0 spiro atoms. The second-order valence-corrected chi connectivity index (χ2v) is 14.1. The molecule has 2 unspecified atom stereocenters. The average Bonchev–Trinajstić information content (AvgIpc) is 3.32. The van der Waals surface area contributed by atoms with E-state index in [4.69, 9.17) is 33.2 Å². The summed E-state index contributed by atoms with van der Waals surface area (Å²) in [5, 5.41) is 16.8. The summed E-state index contributed by atoms with van der Waals surface area (Å²) in [6.45, 7) is 8.40. The van der Waals surface area contributed by atoms with Gasteiger partial charge in [-0.3, -0.25) is 0 Å². The molecule has 0 amide bonds. The van der Waals surface area contributed by atoms with Crippen molar-refractivity contribution in [1.82, 2.24) is 0 Å². The van der Waals surface area contributed by atoms with E-state index in [-0.39, 0.29) is 35.8 Å². The molecule has 0 fully saturated rings. The van der Waals surface area contributed by atoms with Gasteiger partial charge < -0.3 is 33.2 Å². The summed E-state index contributed by atoms with van der Waals surface area (Å²) in [6.07, 6.45) is -1.25. The second kappa shape index (κ2) is 23.4. The standard InChI is InChI=1S/C50H46N4O11/c1-5-60-43-27-19-41(20-28-43)53-51-39-15-7-35(8-16-39)49(57)64-45-23-11-37(12-24-45)47(55)62-33(3)31-59-32-34(4)63-48(56)38-13-25-46(26-14-38)65-50(58)36-9-17-40(18-10-36)52-54-42-21-29-44(30-22-42)61-6-2/h7-30,33-34H,5-6,31-32H2,1-4H3. The molecule has 2 atom stereocenters. The van der Waals surface area contributed by atoms with Crippen molar-refractivity contribution in [2.45, 2.75) is 39.9 Å². The molecule has 0 radical (unpaired) electrons. The molecule has 0 saturated carbocycles. The molecule has 15 nitrogen and oxygen atoms in total. The van der Waals surface area contributed by atoms with Crippen molar-refractivity contribution in [3.63, 3.8) is 0 Å². The van der Waals surface area contributed by atoms with Crippen LogP contribution in [0.1, 0.15) is 69.1 Å². The van der Waals surface area contributed by atoms with Gasteiger partial charge in [-0.15, -0.1) is 0 Å². The number of rotatable bonds is 20. The fourth-order valence-electron chi connectivity index (χ4n) is 5.73. The van der Waals surface area contributed by atoms with Gasteiger partial charge in [-0.2, -0.15) is 20.5 Å². The number of esters is 4.